The van der Waals surface area contributed by atoms with Crippen molar-refractivity contribution >= 4 is 28.2 Å². The Bertz CT molecular complexity index is 624. The van der Waals surface area contributed by atoms with Crippen LogP contribution in [-0.4, -0.2) is 17.1 Å². The molecule has 0 bridgehead atoms. The molecule has 19 heavy (non-hydrogen) atoms. The lowest BCUT2D eigenvalue weighted by molar-refractivity contribution is 0.117. The van der Waals surface area contributed by atoms with E-state index >= 15 is 0 Å². The molecule has 0 aliphatic heterocycles. The molecule has 1 fully saturated rings. The van der Waals surface area contributed by atoms with Gasteiger partial charge in [-0.2, -0.15) is 0 Å². The van der Waals surface area contributed by atoms with Crippen LogP contribution in [0, 0.1) is 5.41 Å². The maximum Gasteiger partial charge on any atom is 0.0737 e. The van der Waals surface area contributed by atoms with Crippen LogP contribution >= 0.6 is 11.6 Å². The summed E-state index contributed by atoms with van der Waals surface area (Å²) in [6.07, 6.45) is 2.82. The standard InChI is InChI=1S/C15H18ClN3/c1-15(2)13(17)8-14(15)19-11-5-6-18-12-7-9(16)3-4-10(11)12/h3-7,13-14H,8,17H2,1-2H3,(H,18,19). The number of halogens is 1. The fraction of sp³-hybridized carbons (Fsp3) is 0.400. The monoisotopic (exact) mass is 275 g/mol. The Hall–Kier alpha value is -1.32. The lowest BCUT2D eigenvalue weighted by atomic mass is 9.63. The zero-order chi connectivity index (χ0) is 13.6. The quantitative estimate of drug-likeness (QED) is 0.883. The first kappa shape index (κ1) is 12.7. The molecule has 1 aromatic heterocycles. The summed E-state index contributed by atoms with van der Waals surface area (Å²) in [4.78, 5) is 4.36. The van der Waals surface area contributed by atoms with Crippen LogP contribution in [0.5, 0.6) is 0 Å². The average Bonchev–Trinajstić information content (AvgIpc) is 2.38. The summed E-state index contributed by atoms with van der Waals surface area (Å²) in [5.74, 6) is 0. The highest BCUT2D eigenvalue weighted by molar-refractivity contribution is 6.31. The molecule has 3 nitrogen and oxygen atoms in total. The third-order valence-electron chi connectivity index (χ3n) is 4.38. The minimum Gasteiger partial charge on any atom is -0.381 e. The first-order valence-electron chi connectivity index (χ1n) is 6.55. The van der Waals surface area contributed by atoms with E-state index in [2.05, 4.69) is 24.1 Å². The Morgan fingerprint density at radius 3 is 2.84 bits per heavy atom. The fourth-order valence-corrected chi connectivity index (χ4v) is 2.81. The van der Waals surface area contributed by atoms with E-state index in [0.29, 0.717) is 11.1 Å². The predicted molar refractivity (Wildman–Crippen MR) is 80.5 cm³/mol. The van der Waals surface area contributed by atoms with Gasteiger partial charge in [0.25, 0.3) is 0 Å². The highest BCUT2D eigenvalue weighted by atomic mass is 35.5. The fourth-order valence-electron chi connectivity index (χ4n) is 2.64. The minimum absolute atomic E-state index is 0.127. The molecule has 3 rings (SSSR count). The molecule has 1 saturated carbocycles. The number of hydrogen-bond acceptors (Lipinski definition) is 3. The van der Waals surface area contributed by atoms with Crippen molar-refractivity contribution in [2.75, 3.05) is 5.32 Å². The molecule has 0 radical (unpaired) electrons. The van der Waals surface area contributed by atoms with E-state index in [1.807, 2.05) is 30.5 Å². The van der Waals surface area contributed by atoms with Gasteiger partial charge in [0.15, 0.2) is 0 Å². The van der Waals surface area contributed by atoms with E-state index in [0.717, 1.165) is 23.0 Å². The summed E-state index contributed by atoms with van der Waals surface area (Å²) in [5, 5.41) is 5.41. The van der Waals surface area contributed by atoms with Gasteiger partial charge in [0.1, 0.15) is 0 Å². The van der Waals surface area contributed by atoms with Gasteiger partial charge in [-0.25, -0.2) is 0 Å². The van der Waals surface area contributed by atoms with Crippen molar-refractivity contribution in [2.24, 2.45) is 11.1 Å². The van der Waals surface area contributed by atoms with E-state index in [-0.39, 0.29) is 11.5 Å². The van der Waals surface area contributed by atoms with Gasteiger partial charge in [-0.05, 0) is 30.7 Å². The Morgan fingerprint density at radius 2 is 2.16 bits per heavy atom. The van der Waals surface area contributed by atoms with Crippen LogP contribution in [0.1, 0.15) is 20.3 Å². The number of nitrogens with two attached hydrogens (primary N) is 1. The van der Waals surface area contributed by atoms with E-state index in [4.69, 9.17) is 17.3 Å². The summed E-state index contributed by atoms with van der Waals surface area (Å²) in [6, 6.07) is 8.49. The molecular weight excluding hydrogens is 258 g/mol. The van der Waals surface area contributed by atoms with Crippen molar-refractivity contribution in [1.29, 1.82) is 0 Å². The van der Waals surface area contributed by atoms with Crippen LogP contribution in [0.3, 0.4) is 0 Å². The molecular formula is C15H18ClN3. The van der Waals surface area contributed by atoms with Gasteiger partial charge in [-0.1, -0.05) is 25.4 Å². The minimum atomic E-state index is 0.127. The van der Waals surface area contributed by atoms with Gasteiger partial charge >= 0.3 is 0 Å². The number of aromatic nitrogens is 1. The summed E-state index contributed by atoms with van der Waals surface area (Å²) < 4.78 is 0. The number of pyridine rings is 1. The second kappa shape index (κ2) is 4.36. The van der Waals surface area contributed by atoms with Gasteiger partial charge in [0, 0.05) is 39.8 Å². The van der Waals surface area contributed by atoms with Crippen LogP contribution in [0.25, 0.3) is 10.9 Å². The van der Waals surface area contributed by atoms with E-state index in [1.165, 1.54) is 0 Å². The molecule has 3 N–H and O–H groups in total. The van der Waals surface area contributed by atoms with Crippen LogP contribution in [-0.2, 0) is 0 Å². The number of nitrogens with zero attached hydrogens (tertiary/aromatic N) is 1. The number of nitrogens with one attached hydrogen (secondary N) is 1. The third-order valence-corrected chi connectivity index (χ3v) is 4.61. The van der Waals surface area contributed by atoms with Crippen molar-refractivity contribution in [2.45, 2.75) is 32.4 Å². The van der Waals surface area contributed by atoms with Gasteiger partial charge in [-0.15, -0.1) is 0 Å². The molecule has 2 unspecified atom stereocenters. The summed E-state index contributed by atoms with van der Waals surface area (Å²) in [6.45, 7) is 4.41. The zero-order valence-corrected chi connectivity index (χ0v) is 11.9. The van der Waals surface area contributed by atoms with E-state index in [1.54, 1.807) is 0 Å². The maximum absolute atomic E-state index is 6.06. The SMILES string of the molecule is CC1(C)C(N)CC1Nc1ccnc2cc(Cl)ccc12. The maximum atomic E-state index is 6.06. The first-order chi connectivity index (χ1) is 8.98. The molecule has 2 atom stereocenters. The Kier molecular flexibility index (Phi) is 2.91. The highest BCUT2D eigenvalue weighted by Gasteiger charge is 2.46. The van der Waals surface area contributed by atoms with Crippen molar-refractivity contribution < 1.29 is 0 Å². The second-order valence-electron chi connectivity index (χ2n) is 5.88. The number of rotatable bonds is 2. The smallest absolute Gasteiger partial charge is 0.0737 e. The van der Waals surface area contributed by atoms with Crippen LogP contribution in [0.15, 0.2) is 30.5 Å². The average molecular weight is 276 g/mol. The van der Waals surface area contributed by atoms with Gasteiger partial charge in [-0.3, -0.25) is 4.98 Å². The van der Waals surface area contributed by atoms with Crippen molar-refractivity contribution in [1.82, 2.24) is 4.98 Å². The Morgan fingerprint density at radius 1 is 1.37 bits per heavy atom. The molecule has 100 valence electrons. The molecule has 0 amide bonds. The molecule has 1 aliphatic carbocycles. The normalized spacial score (nSPS) is 25.1. The lowest BCUT2D eigenvalue weighted by Gasteiger charge is -2.51. The molecule has 1 aromatic carbocycles. The highest BCUT2D eigenvalue weighted by Crippen LogP contribution is 2.41. The molecule has 1 aliphatic rings. The van der Waals surface area contributed by atoms with Gasteiger partial charge < -0.3 is 11.1 Å². The molecule has 0 saturated heterocycles. The molecule has 1 heterocycles. The Labute approximate surface area is 118 Å². The van der Waals surface area contributed by atoms with Crippen LogP contribution in [0.2, 0.25) is 5.02 Å². The van der Waals surface area contributed by atoms with E-state index in [9.17, 15) is 0 Å². The third kappa shape index (κ3) is 2.07. The van der Waals surface area contributed by atoms with Crippen molar-refractivity contribution in [3.63, 3.8) is 0 Å². The summed E-state index contributed by atoms with van der Waals surface area (Å²) >= 11 is 6.00. The topological polar surface area (TPSA) is 50.9 Å². The summed E-state index contributed by atoms with van der Waals surface area (Å²) in [5.41, 5.74) is 8.21. The van der Waals surface area contributed by atoms with Gasteiger partial charge in [0.05, 0.1) is 5.52 Å². The molecule has 4 heteroatoms. The number of anilines is 1. The largest absolute Gasteiger partial charge is 0.381 e. The lowest BCUT2D eigenvalue weighted by Crippen LogP contribution is -2.61. The van der Waals surface area contributed by atoms with Crippen molar-refractivity contribution in [3.05, 3.63) is 35.5 Å². The Balaban J connectivity index is 1.94. The number of benzene rings is 1. The van der Waals surface area contributed by atoms with Crippen molar-refractivity contribution in [3.8, 4) is 0 Å². The predicted octanol–water partition coefficient (Wildman–Crippen LogP) is 3.43. The number of fused-ring (bicyclic) bond motifs is 1. The van der Waals surface area contributed by atoms with Crippen LogP contribution in [0.4, 0.5) is 5.69 Å². The van der Waals surface area contributed by atoms with E-state index < -0.39 is 0 Å². The molecule has 2 aromatic rings. The molecule has 0 spiro atoms. The summed E-state index contributed by atoms with van der Waals surface area (Å²) in [7, 11) is 0. The zero-order valence-electron chi connectivity index (χ0n) is 11.2. The van der Waals surface area contributed by atoms with Gasteiger partial charge in [0.2, 0.25) is 0 Å². The van der Waals surface area contributed by atoms with Crippen LogP contribution < -0.4 is 11.1 Å². The number of hydrogen-bond donors (Lipinski definition) is 2. The first-order valence-corrected chi connectivity index (χ1v) is 6.92. The second-order valence-corrected chi connectivity index (χ2v) is 6.32.